The highest BCUT2D eigenvalue weighted by Crippen LogP contribution is 2.38. The smallest absolute Gasteiger partial charge is 0.251 e. The number of carbonyl (C=O) groups excluding carboxylic acids is 3. The maximum atomic E-state index is 14.9. The van der Waals surface area contributed by atoms with Crippen molar-refractivity contribution in [3.8, 4) is 12.1 Å². The van der Waals surface area contributed by atoms with Gasteiger partial charge in [-0.1, -0.05) is 29.8 Å². The predicted molar refractivity (Wildman–Crippen MR) is 158 cm³/mol. The zero-order chi connectivity index (χ0) is 32.3. The fourth-order valence-corrected chi connectivity index (χ4v) is 5.96. The van der Waals surface area contributed by atoms with Gasteiger partial charge in [0.25, 0.3) is 5.91 Å². The molecule has 2 unspecified atom stereocenters. The van der Waals surface area contributed by atoms with Crippen LogP contribution in [0.15, 0.2) is 60.8 Å². The summed E-state index contributed by atoms with van der Waals surface area (Å²) >= 11 is 6.56. The molecule has 0 radical (unpaired) electrons. The zero-order valence-corrected chi connectivity index (χ0v) is 24.5. The molecule has 230 valence electrons. The highest BCUT2D eigenvalue weighted by molar-refractivity contribution is 6.31. The quantitative estimate of drug-likeness (QED) is 0.361. The van der Waals surface area contributed by atoms with Gasteiger partial charge in [0.05, 0.1) is 23.3 Å². The van der Waals surface area contributed by atoms with Gasteiger partial charge >= 0.3 is 0 Å². The number of benzene rings is 2. The van der Waals surface area contributed by atoms with Gasteiger partial charge < -0.3 is 5.32 Å². The summed E-state index contributed by atoms with van der Waals surface area (Å²) in [5.41, 5.74) is 0.0375. The van der Waals surface area contributed by atoms with Crippen molar-refractivity contribution in [1.29, 1.82) is 10.5 Å². The minimum atomic E-state index is -2.85. The number of aromatic nitrogens is 1. The molecule has 2 atom stereocenters. The Morgan fingerprint density at radius 2 is 1.76 bits per heavy atom. The number of hydrogen-bond donors (Lipinski definition) is 1. The van der Waals surface area contributed by atoms with Crippen LogP contribution in [0.25, 0.3) is 0 Å². The molecule has 5 rings (SSSR count). The van der Waals surface area contributed by atoms with Crippen LogP contribution in [-0.4, -0.2) is 40.7 Å². The molecule has 2 aromatic carbocycles. The van der Waals surface area contributed by atoms with E-state index in [1.807, 2.05) is 12.1 Å². The SMILES string of the molecule is N#Cc1cc(F)cc(N(C(=O)C2CCC(=O)N2c2cc(C#N)ccn2)C(C(=O)NC2CCC(F)(F)CC2)c2ccccc2Cl)c1. The minimum Gasteiger partial charge on any atom is -0.351 e. The molecule has 13 heteroatoms. The monoisotopic (exact) mass is 634 g/mol. The fraction of sp³-hybridized carbons (Fsp3) is 0.312. The molecular formula is C32H26ClF3N6O3. The van der Waals surface area contributed by atoms with Gasteiger partial charge in [-0.15, -0.1) is 0 Å². The number of carbonyl (C=O) groups is 3. The van der Waals surface area contributed by atoms with Crippen LogP contribution in [-0.2, 0) is 14.4 Å². The summed E-state index contributed by atoms with van der Waals surface area (Å²) in [5.74, 6) is -5.72. The van der Waals surface area contributed by atoms with E-state index in [1.54, 1.807) is 12.1 Å². The van der Waals surface area contributed by atoms with Gasteiger partial charge in [0.2, 0.25) is 17.7 Å². The topological polar surface area (TPSA) is 130 Å². The third-order valence-electron chi connectivity index (χ3n) is 7.92. The van der Waals surface area contributed by atoms with Crippen molar-refractivity contribution in [3.05, 3.63) is 88.3 Å². The van der Waals surface area contributed by atoms with Crippen LogP contribution < -0.4 is 15.1 Å². The third kappa shape index (κ3) is 6.76. The molecule has 1 saturated heterocycles. The van der Waals surface area contributed by atoms with Crippen LogP contribution in [0.3, 0.4) is 0 Å². The molecule has 9 nitrogen and oxygen atoms in total. The van der Waals surface area contributed by atoms with E-state index in [9.17, 15) is 38.1 Å². The summed E-state index contributed by atoms with van der Waals surface area (Å²) in [6.07, 6.45) is 0.383. The number of alkyl halides is 2. The Morgan fingerprint density at radius 1 is 1.04 bits per heavy atom. The van der Waals surface area contributed by atoms with E-state index in [1.165, 1.54) is 36.5 Å². The Labute approximate surface area is 261 Å². The Kier molecular flexibility index (Phi) is 9.07. The maximum absolute atomic E-state index is 14.9. The summed E-state index contributed by atoms with van der Waals surface area (Å²) in [7, 11) is 0. The zero-order valence-electron chi connectivity index (χ0n) is 23.7. The molecule has 0 spiro atoms. The van der Waals surface area contributed by atoms with E-state index in [2.05, 4.69) is 10.3 Å². The molecule has 1 aliphatic heterocycles. The summed E-state index contributed by atoms with van der Waals surface area (Å²) in [6.45, 7) is 0. The van der Waals surface area contributed by atoms with Gasteiger partial charge in [0, 0.05) is 47.8 Å². The van der Waals surface area contributed by atoms with Crippen LogP contribution in [0, 0.1) is 28.5 Å². The first-order valence-electron chi connectivity index (χ1n) is 14.2. The van der Waals surface area contributed by atoms with Crippen molar-refractivity contribution < 1.29 is 27.6 Å². The molecule has 1 aliphatic carbocycles. The van der Waals surface area contributed by atoms with Crippen LogP contribution in [0.1, 0.15) is 61.3 Å². The largest absolute Gasteiger partial charge is 0.351 e. The Morgan fingerprint density at radius 3 is 2.44 bits per heavy atom. The van der Waals surface area contributed by atoms with E-state index >= 15 is 0 Å². The maximum Gasteiger partial charge on any atom is 0.251 e. The molecule has 0 bridgehead atoms. The molecule has 2 heterocycles. The number of nitriles is 2. The number of amides is 3. The predicted octanol–water partition coefficient (Wildman–Crippen LogP) is 5.58. The summed E-state index contributed by atoms with van der Waals surface area (Å²) in [6, 6.07) is 12.5. The number of nitrogens with zero attached hydrogens (tertiary/aromatic N) is 5. The van der Waals surface area contributed by atoms with E-state index in [0.717, 1.165) is 21.9 Å². The average Bonchev–Trinajstić information content (AvgIpc) is 3.41. The lowest BCUT2D eigenvalue weighted by Gasteiger charge is -2.37. The lowest BCUT2D eigenvalue weighted by Crippen LogP contribution is -2.53. The second-order valence-electron chi connectivity index (χ2n) is 10.9. The number of rotatable bonds is 7. The van der Waals surface area contributed by atoms with E-state index in [4.69, 9.17) is 11.6 Å². The van der Waals surface area contributed by atoms with Crippen molar-refractivity contribution in [2.24, 2.45) is 0 Å². The van der Waals surface area contributed by atoms with Crippen LogP contribution >= 0.6 is 11.6 Å². The van der Waals surface area contributed by atoms with Crippen LogP contribution in [0.4, 0.5) is 24.7 Å². The van der Waals surface area contributed by atoms with E-state index < -0.39 is 60.4 Å². The van der Waals surface area contributed by atoms with Crippen LogP contribution in [0.2, 0.25) is 5.02 Å². The van der Waals surface area contributed by atoms with E-state index in [0.29, 0.717) is 0 Å². The first kappa shape index (κ1) is 31.5. The van der Waals surface area contributed by atoms with Crippen LogP contribution in [0.5, 0.6) is 0 Å². The minimum absolute atomic E-state index is 0.00161. The van der Waals surface area contributed by atoms with Crippen molar-refractivity contribution in [3.63, 3.8) is 0 Å². The fourth-order valence-electron chi connectivity index (χ4n) is 5.73. The average molecular weight is 635 g/mol. The molecule has 1 N–H and O–H groups in total. The number of nitrogens with one attached hydrogen (secondary N) is 1. The van der Waals surface area contributed by atoms with Gasteiger partial charge in [0.1, 0.15) is 23.7 Å². The molecule has 2 fully saturated rings. The molecule has 1 aromatic heterocycles. The molecule has 1 saturated carbocycles. The summed E-state index contributed by atoms with van der Waals surface area (Å²) < 4.78 is 42.7. The summed E-state index contributed by atoms with van der Waals surface area (Å²) in [4.78, 5) is 48.2. The molecule has 3 aromatic rings. The number of halogens is 4. The second-order valence-corrected chi connectivity index (χ2v) is 11.3. The number of pyridine rings is 1. The molecule has 2 aliphatic rings. The van der Waals surface area contributed by atoms with Crippen molar-refractivity contribution in [1.82, 2.24) is 10.3 Å². The number of anilines is 2. The van der Waals surface area contributed by atoms with Crippen molar-refractivity contribution >= 4 is 40.8 Å². The Balaban J connectivity index is 1.64. The highest BCUT2D eigenvalue weighted by atomic mass is 35.5. The first-order chi connectivity index (χ1) is 21.5. The molecular weight excluding hydrogens is 609 g/mol. The van der Waals surface area contributed by atoms with Gasteiger partial charge in [-0.25, -0.2) is 18.2 Å². The van der Waals surface area contributed by atoms with Gasteiger partial charge in [-0.2, -0.15) is 10.5 Å². The van der Waals surface area contributed by atoms with Crippen molar-refractivity contribution in [2.45, 2.75) is 62.6 Å². The second kappa shape index (κ2) is 13.0. The molecule has 3 amide bonds. The van der Waals surface area contributed by atoms with Gasteiger partial charge in [-0.05, 0) is 55.7 Å². The first-order valence-corrected chi connectivity index (χ1v) is 14.5. The highest BCUT2D eigenvalue weighted by Gasteiger charge is 2.45. The van der Waals surface area contributed by atoms with E-state index in [-0.39, 0.29) is 58.9 Å². The lowest BCUT2D eigenvalue weighted by atomic mass is 9.91. The number of hydrogen-bond acceptors (Lipinski definition) is 6. The standard InChI is InChI=1S/C32H26ClF3N6O3/c33-25-4-2-1-3-24(25)29(30(44)40-22-7-10-32(35,36)11-8-22)41(23-14-20(18-38)13-21(34)16-23)31(45)26-5-6-28(43)42(26)27-15-19(17-37)9-12-39-27/h1-4,9,12-16,22,26,29H,5-8,10-11H2,(H,40,44). The summed E-state index contributed by atoms with van der Waals surface area (Å²) in [5, 5.41) is 21.8. The van der Waals surface area contributed by atoms with Gasteiger partial charge in [0.15, 0.2) is 0 Å². The third-order valence-corrected chi connectivity index (χ3v) is 8.26. The Bertz CT molecular complexity index is 1730. The lowest BCUT2D eigenvalue weighted by molar-refractivity contribution is -0.128. The Hall–Kier alpha value is -4.94. The van der Waals surface area contributed by atoms with Gasteiger partial charge in [-0.3, -0.25) is 24.2 Å². The molecule has 45 heavy (non-hydrogen) atoms. The van der Waals surface area contributed by atoms with Crippen molar-refractivity contribution in [2.75, 3.05) is 9.80 Å². The normalized spacial score (nSPS) is 18.5.